The van der Waals surface area contributed by atoms with Crippen LogP contribution in [0.15, 0.2) is 0 Å². The molecule has 108 valence electrons. The molecule has 0 aromatic carbocycles. The smallest absolute Gasteiger partial charge is 0.311 e. The monoisotopic (exact) mass is 266 g/mol. The molecule has 1 rings (SSSR count). The second-order valence-electron chi connectivity index (χ2n) is 5.31. The van der Waals surface area contributed by atoms with Crippen LogP contribution in [-0.2, 0) is 0 Å². The molecular formula is C13H25F3N2. The van der Waals surface area contributed by atoms with Gasteiger partial charge in [-0.05, 0) is 52.2 Å². The molecule has 0 radical (unpaired) electrons. The van der Waals surface area contributed by atoms with Gasteiger partial charge in [-0.25, -0.2) is 0 Å². The van der Waals surface area contributed by atoms with Gasteiger partial charge in [0.2, 0.25) is 0 Å². The van der Waals surface area contributed by atoms with Crippen molar-refractivity contribution in [2.24, 2.45) is 0 Å². The zero-order valence-corrected chi connectivity index (χ0v) is 11.4. The van der Waals surface area contributed by atoms with E-state index in [1.807, 2.05) is 0 Å². The average Bonchev–Trinajstić information content (AvgIpc) is 2.25. The molecule has 2 nitrogen and oxygen atoms in total. The number of rotatable bonds is 4. The number of nitrogens with zero attached hydrogens (tertiary/aromatic N) is 1. The van der Waals surface area contributed by atoms with Gasteiger partial charge in [-0.15, -0.1) is 0 Å². The Morgan fingerprint density at radius 2 is 1.89 bits per heavy atom. The summed E-state index contributed by atoms with van der Waals surface area (Å²) in [6, 6.07) is 0.964. The van der Waals surface area contributed by atoms with Gasteiger partial charge < -0.3 is 10.2 Å². The Hall–Kier alpha value is -0.290. The molecule has 0 spiro atoms. The van der Waals surface area contributed by atoms with Crippen LogP contribution >= 0.6 is 0 Å². The lowest BCUT2D eigenvalue weighted by molar-refractivity contribution is -0.136. The maximum absolute atomic E-state index is 12.1. The number of halogens is 3. The fourth-order valence-corrected chi connectivity index (χ4v) is 2.44. The highest BCUT2D eigenvalue weighted by Crippen LogP contribution is 2.21. The van der Waals surface area contributed by atoms with Crippen molar-refractivity contribution in [2.75, 3.05) is 19.6 Å². The first-order valence-electron chi connectivity index (χ1n) is 6.96. The van der Waals surface area contributed by atoms with E-state index < -0.39 is 12.6 Å². The highest BCUT2D eigenvalue weighted by molar-refractivity contribution is 4.77. The third-order valence-corrected chi connectivity index (χ3v) is 3.62. The Balaban J connectivity index is 2.31. The molecule has 0 aromatic heterocycles. The van der Waals surface area contributed by atoms with Crippen LogP contribution in [0.5, 0.6) is 0 Å². The van der Waals surface area contributed by atoms with Crippen molar-refractivity contribution in [2.45, 2.75) is 64.2 Å². The van der Waals surface area contributed by atoms with Crippen LogP contribution in [0, 0.1) is 0 Å². The third-order valence-electron chi connectivity index (χ3n) is 3.62. The number of hydrogen-bond donors (Lipinski definition) is 1. The van der Waals surface area contributed by atoms with Gasteiger partial charge in [0.1, 0.15) is 0 Å². The Morgan fingerprint density at radius 3 is 2.50 bits per heavy atom. The van der Waals surface area contributed by atoms with Crippen molar-refractivity contribution in [1.82, 2.24) is 10.2 Å². The maximum atomic E-state index is 12.1. The molecule has 1 aliphatic rings. The highest BCUT2D eigenvalue weighted by Gasteiger charge is 2.26. The number of hydrogen-bond acceptors (Lipinski definition) is 2. The Bertz CT molecular complexity index is 231. The predicted molar refractivity (Wildman–Crippen MR) is 67.6 cm³/mol. The minimum absolute atomic E-state index is 0.224. The number of alkyl halides is 3. The van der Waals surface area contributed by atoms with Crippen LogP contribution in [0.25, 0.3) is 0 Å². The molecule has 2 atom stereocenters. The molecule has 1 N–H and O–H groups in total. The topological polar surface area (TPSA) is 15.3 Å². The third kappa shape index (κ3) is 6.59. The van der Waals surface area contributed by atoms with Crippen LogP contribution in [0.3, 0.4) is 0 Å². The molecular weight excluding hydrogens is 241 g/mol. The fourth-order valence-electron chi connectivity index (χ4n) is 2.44. The summed E-state index contributed by atoms with van der Waals surface area (Å²) in [7, 11) is 0. The summed E-state index contributed by atoms with van der Waals surface area (Å²) in [5, 5.41) is 3.56. The summed E-state index contributed by atoms with van der Waals surface area (Å²) in [6.07, 6.45) is -1.31. The second-order valence-corrected chi connectivity index (χ2v) is 5.31. The fraction of sp³-hybridized carbons (Fsp3) is 1.00. The lowest BCUT2D eigenvalue weighted by Crippen LogP contribution is -2.44. The van der Waals surface area contributed by atoms with E-state index in [9.17, 15) is 13.2 Å². The molecule has 0 bridgehead atoms. The standard InChI is InChI=1S/C13H25F3N2/c1-3-12-6-10-18(9-5-11(2)17-12)8-4-7-13(14,15)16/h11-12,17H,3-10H2,1-2H3. The largest absolute Gasteiger partial charge is 0.389 e. The van der Waals surface area contributed by atoms with Crippen molar-refractivity contribution in [1.29, 1.82) is 0 Å². The molecule has 1 fully saturated rings. The zero-order chi connectivity index (χ0) is 13.6. The lowest BCUT2D eigenvalue weighted by Gasteiger charge is -2.32. The van der Waals surface area contributed by atoms with Crippen LogP contribution in [0.2, 0.25) is 0 Å². The van der Waals surface area contributed by atoms with E-state index in [1.54, 1.807) is 0 Å². The minimum atomic E-state index is -4.01. The molecule has 5 heteroatoms. The molecule has 18 heavy (non-hydrogen) atoms. The summed E-state index contributed by atoms with van der Waals surface area (Å²) < 4.78 is 36.3. The Morgan fingerprint density at radius 1 is 1.22 bits per heavy atom. The van der Waals surface area contributed by atoms with Crippen molar-refractivity contribution >= 4 is 0 Å². The van der Waals surface area contributed by atoms with E-state index in [2.05, 4.69) is 24.1 Å². The van der Waals surface area contributed by atoms with E-state index >= 15 is 0 Å². The van der Waals surface area contributed by atoms with Crippen LogP contribution in [0.1, 0.15) is 46.0 Å². The molecule has 0 amide bonds. The van der Waals surface area contributed by atoms with Crippen LogP contribution in [0.4, 0.5) is 13.2 Å². The molecule has 1 saturated heterocycles. The normalized spacial score (nSPS) is 27.8. The SMILES string of the molecule is CCC1CCN(CCCC(F)(F)F)CCC(C)N1. The maximum Gasteiger partial charge on any atom is 0.389 e. The molecule has 1 heterocycles. The summed E-state index contributed by atoms with van der Waals surface area (Å²) in [6.45, 7) is 6.70. The highest BCUT2D eigenvalue weighted by atomic mass is 19.4. The molecule has 2 unspecified atom stereocenters. The Labute approximate surface area is 108 Å². The van der Waals surface area contributed by atoms with Crippen LogP contribution < -0.4 is 5.32 Å². The molecule has 1 aliphatic heterocycles. The average molecular weight is 266 g/mol. The van der Waals surface area contributed by atoms with Crippen LogP contribution in [-0.4, -0.2) is 42.8 Å². The first-order chi connectivity index (χ1) is 8.40. The van der Waals surface area contributed by atoms with E-state index in [1.165, 1.54) is 0 Å². The van der Waals surface area contributed by atoms with E-state index in [4.69, 9.17) is 0 Å². The Kier molecular flexibility index (Phi) is 6.43. The van der Waals surface area contributed by atoms with Gasteiger partial charge in [0.15, 0.2) is 0 Å². The van der Waals surface area contributed by atoms with Gasteiger partial charge in [0.25, 0.3) is 0 Å². The van der Waals surface area contributed by atoms with Crippen molar-refractivity contribution in [3.8, 4) is 0 Å². The number of nitrogens with one attached hydrogen (secondary N) is 1. The molecule has 0 aromatic rings. The van der Waals surface area contributed by atoms with Crippen molar-refractivity contribution < 1.29 is 13.2 Å². The van der Waals surface area contributed by atoms with E-state index in [-0.39, 0.29) is 6.42 Å². The van der Waals surface area contributed by atoms with Gasteiger partial charge >= 0.3 is 6.18 Å². The van der Waals surface area contributed by atoms with E-state index in [0.29, 0.717) is 18.6 Å². The molecule has 0 aliphatic carbocycles. The zero-order valence-electron chi connectivity index (χ0n) is 11.4. The lowest BCUT2D eigenvalue weighted by atomic mass is 10.1. The summed E-state index contributed by atoms with van der Waals surface area (Å²) >= 11 is 0. The predicted octanol–water partition coefficient (Wildman–Crippen LogP) is 3.18. The summed E-state index contributed by atoms with van der Waals surface area (Å²) in [5.74, 6) is 0. The molecule has 0 saturated carbocycles. The van der Waals surface area contributed by atoms with Gasteiger partial charge in [-0.1, -0.05) is 6.92 Å². The van der Waals surface area contributed by atoms with Crippen molar-refractivity contribution in [3.05, 3.63) is 0 Å². The van der Waals surface area contributed by atoms with Gasteiger partial charge in [0.05, 0.1) is 0 Å². The minimum Gasteiger partial charge on any atom is -0.311 e. The van der Waals surface area contributed by atoms with Gasteiger partial charge in [-0.2, -0.15) is 13.2 Å². The van der Waals surface area contributed by atoms with Gasteiger partial charge in [-0.3, -0.25) is 0 Å². The first-order valence-corrected chi connectivity index (χ1v) is 6.96. The summed E-state index contributed by atoms with van der Waals surface area (Å²) in [4.78, 5) is 2.19. The summed E-state index contributed by atoms with van der Waals surface area (Å²) in [5.41, 5.74) is 0. The van der Waals surface area contributed by atoms with E-state index in [0.717, 1.165) is 32.4 Å². The second kappa shape index (κ2) is 7.34. The quantitative estimate of drug-likeness (QED) is 0.840. The van der Waals surface area contributed by atoms with Gasteiger partial charge in [0, 0.05) is 18.5 Å². The first kappa shape index (κ1) is 15.8. The van der Waals surface area contributed by atoms with Crippen molar-refractivity contribution in [3.63, 3.8) is 0 Å².